The molecule has 0 nitrogen and oxygen atoms in total. The summed E-state index contributed by atoms with van der Waals surface area (Å²) in [5.74, 6) is 0. The number of allylic oxidation sites excluding steroid dienone is 1. The van der Waals surface area contributed by atoms with Gasteiger partial charge in [0.15, 0.2) is 0 Å². The van der Waals surface area contributed by atoms with Gasteiger partial charge in [-0.3, -0.25) is 0 Å². The van der Waals surface area contributed by atoms with E-state index >= 15 is 0 Å². The van der Waals surface area contributed by atoms with Gasteiger partial charge in [0, 0.05) is 0 Å². The summed E-state index contributed by atoms with van der Waals surface area (Å²) < 4.78 is 0. The van der Waals surface area contributed by atoms with E-state index in [4.69, 9.17) is 0 Å². The van der Waals surface area contributed by atoms with Crippen molar-refractivity contribution >= 4 is 5.57 Å². The zero-order chi connectivity index (χ0) is 13.5. The zero-order valence-corrected chi connectivity index (χ0v) is 11.3. The van der Waals surface area contributed by atoms with Gasteiger partial charge in [0.1, 0.15) is 0 Å². The lowest BCUT2D eigenvalue weighted by Crippen LogP contribution is -1.88. The average Bonchev–Trinajstić information content (AvgIpc) is 2.48. The Morgan fingerprint density at radius 3 is 2.16 bits per heavy atom. The zero-order valence-electron chi connectivity index (χ0n) is 11.3. The molecule has 0 amide bonds. The first-order valence-electron chi connectivity index (χ1n) is 6.76. The maximum atomic E-state index is 4.19. The van der Waals surface area contributed by atoms with Crippen molar-refractivity contribution in [3.8, 4) is 0 Å². The number of aryl methyl sites for hydroxylation is 1. The van der Waals surface area contributed by atoms with E-state index < -0.39 is 0 Å². The fourth-order valence-corrected chi connectivity index (χ4v) is 2.13. The van der Waals surface area contributed by atoms with Gasteiger partial charge in [-0.2, -0.15) is 0 Å². The van der Waals surface area contributed by atoms with Gasteiger partial charge in [0.05, 0.1) is 0 Å². The van der Waals surface area contributed by atoms with Gasteiger partial charge >= 0.3 is 0 Å². The predicted molar refractivity (Wildman–Crippen MR) is 84.2 cm³/mol. The van der Waals surface area contributed by atoms with E-state index in [1.165, 1.54) is 23.1 Å². The number of hydrogen-bond donors (Lipinski definition) is 0. The van der Waals surface area contributed by atoms with Crippen LogP contribution in [0.5, 0.6) is 0 Å². The Labute approximate surface area is 116 Å². The lowest BCUT2D eigenvalue weighted by molar-refractivity contribution is 0.844. The molecule has 2 rings (SSSR count). The molecule has 0 aliphatic rings. The molecule has 96 valence electrons. The standard InChI is InChI=1S/C19H20/c1-3-4-6-9-17-12-14-19(15-13-17)16(2)18-10-7-5-8-11-18/h3,5,7-8,10-15H,1-2,4,6,9H2. The van der Waals surface area contributed by atoms with Crippen LogP contribution in [-0.4, -0.2) is 0 Å². The number of hydrogen-bond acceptors (Lipinski definition) is 0. The molecule has 0 aliphatic heterocycles. The molecule has 0 heterocycles. The van der Waals surface area contributed by atoms with E-state index in [1.807, 2.05) is 24.3 Å². The first kappa shape index (κ1) is 13.4. The third-order valence-electron chi connectivity index (χ3n) is 3.30. The van der Waals surface area contributed by atoms with Gasteiger partial charge in [-0.15, -0.1) is 6.58 Å². The molecule has 19 heavy (non-hydrogen) atoms. The molecule has 2 aromatic carbocycles. The fraction of sp³-hybridized carbons (Fsp3) is 0.158. The number of rotatable bonds is 6. The first-order chi connectivity index (χ1) is 9.31. The Morgan fingerprint density at radius 2 is 1.53 bits per heavy atom. The maximum absolute atomic E-state index is 4.19. The fourth-order valence-electron chi connectivity index (χ4n) is 2.13. The third kappa shape index (κ3) is 3.69. The quantitative estimate of drug-likeness (QED) is 0.483. The van der Waals surface area contributed by atoms with Crippen LogP contribution in [-0.2, 0) is 6.42 Å². The van der Waals surface area contributed by atoms with Crippen molar-refractivity contribution in [3.05, 3.63) is 90.5 Å². The SMILES string of the molecule is C=CCCCc1ccc(C(=C)c2ccccc2)cc1. The van der Waals surface area contributed by atoms with E-state index in [2.05, 4.69) is 49.6 Å². The normalized spacial score (nSPS) is 10.1. The number of unbranched alkanes of at least 4 members (excludes halogenated alkanes) is 1. The second-order valence-electron chi connectivity index (χ2n) is 4.72. The number of benzene rings is 2. The molecule has 0 fully saturated rings. The molecule has 0 unspecified atom stereocenters. The van der Waals surface area contributed by atoms with Crippen molar-refractivity contribution in [2.75, 3.05) is 0 Å². The average molecular weight is 248 g/mol. The Kier molecular flexibility index (Phi) is 4.74. The lowest BCUT2D eigenvalue weighted by atomic mass is 9.97. The summed E-state index contributed by atoms with van der Waals surface area (Å²) in [6.45, 7) is 7.94. The van der Waals surface area contributed by atoms with Crippen LogP contribution in [0.3, 0.4) is 0 Å². The molecule has 0 radical (unpaired) electrons. The monoisotopic (exact) mass is 248 g/mol. The van der Waals surface area contributed by atoms with Crippen LogP contribution in [0.15, 0.2) is 73.8 Å². The van der Waals surface area contributed by atoms with Crippen molar-refractivity contribution in [1.29, 1.82) is 0 Å². The van der Waals surface area contributed by atoms with Crippen LogP contribution in [0.25, 0.3) is 5.57 Å². The van der Waals surface area contributed by atoms with Gasteiger partial charge < -0.3 is 0 Å². The largest absolute Gasteiger partial charge is 0.103 e. The van der Waals surface area contributed by atoms with Crippen molar-refractivity contribution < 1.29 is 0 Å². The summed E-state index contributed by atoms with van der Waals surface area (Å²) in [7, 11) is 0. The third-order valence-corrected chi connectivity index (χ3v) is 3.30. The molecule has 0 bridgehead atoms. The van der Waals surface area contributed by atoms with E-state index in [0.29, 0.717) is 0 Å². The summed E-state index contributed by atoms with van der Waals surface area (Å²) in [6.07, 6.45) is 5.34. The minimum absolute atomic E-state index is 1.08. The summed E-state index contributed by atoms with van der Waals surface area (Å²) in [4.78, 5) is 0. The molecule has 0 saturated heterocycles. The van der Waals surface area contributed by atoms with Gasteiger partial charge in [0.2, 0.25) is 0 Å². The summed E-state index contributed by atoms with van der Waals surface area (Å²) in [5.41, 5.74) is 4.84. The second-order valence-corrected chi connectivity index (χ2v) is 4.72. The highest BCUT2D eigenvalue weighted by atomic mass is 14.1. The maximum Gasteiger partial charge on any atom is -0.0183 e. The molecule has 0 spiro atoms. The van der Waals surface area contributed by atoms with Crippen LogP contribution < -0.4 is 0 Å². The molecule has 0 heteroatoms. The van der Waals surface area contributed by atoms with Crippen molar-refractivity contribution in [2.45, 2.75) is 19.3 Å². The molecule has 0 saturated carbocycles. The second kappa shape index (κ2) is 6.75. The molecular weight excluding hydrogens is 228 g/mol. The van der Waals surface area contributed by atoms with Gasteiger partial charge in [0.25, 0.3) is 0 Å². The highest BCUT2D eigenvalue weighted by Crippen LogP contribution is 2.21. The summed E-state index contributed by atoms with van der Waals surface area (Å²) in [5, 5.41) is 0. The Hall–Kier alpha value is -2.08. The van der Waals surface area contributed by atoms with E-state index in [0.717, 1.165) is 18.4 Å². The highest BCUT2D eigenvalue weighted by molar-refractivity contribution is 5.77. The van der Waals surface area contributed by atoms with E-state index in [-0.39, 0.29) is 0 Å². The smallest absolute Gasteiger partial charge is 0.0183 e. The van der Waals surface area contributed by atoms with Crippen molar-refractivity contribution in [2.24, 2.45) is 0 Å². The highest BCUT2D eigenvalue weighted by Gasteiger charge is 2.01. The Bertz CT molecular complexity index is 532. The van der Waals surface area contributed by atoms with E-state index in [9.17, 15) is 0 Å². The molecule has 0 aromatic heterocycles. The topological polar surface area (TPSA) is 0 Å². The molecule has 0 atom stereocenters. The summed E-state index contributed by atoms with van der Waals surface area (Å²) >= 11 is 0. The molecule has 2 aromatic rings. The van der Waals surface area contributed by atoms with Crippen molar-refractivity contribution in [3.63, 3.8) is 0 Å². The van der Waals surface area contributed by atoms with Crippen LogP contribution >= 0.6 is 0 Å². The Morgan fingerprint density at radius 1 is 0.895 bits per heavy atom. The van der Waals surface area contributed by atoms with E-state index in [1.54, 1.807) is 0 Å². The van der Waals surface area contributed by atoms with Crippen LogP contribution in [0, 0.1) is 0 Å². The Balaban J connectivity index is 2.06. The molecule has 0 N–H and O–H groups in total. The summed E-state index contributed by atoms with van der Waals surface area (Å²) in [6, 6.07) is 19.0. The van der Waals surface area contributed by atoms with Crippen LogP contribution in [0.4, 0.5) is 0 Å². The minimum Gasteiger partial charge on any atom is -0.103 e. The molecule has 0 aliphatic carbocycles. The lowest BCUT2D eigenvalue weighted by Gasteiger charge is -2.07. The van der Waals surface area contributed by atoms with Gasteiger partial charge in [-0.1, -0.05) is 67.3 Å². The van der Waals surface area contributed by atoms with Crippen molar-refractivity contribution in [1.82, 2.24) is 0 Å². The minimum atomic E-state index is 1.08. The van der Waals surface area contributed by atoms with Crippen LogP contribution in [0.1, 0.15) is 29.5 Å². The van der Waals surface area contributed by atoms with Gasteiger partial charge in [-0.25, -0.2) is 0 Å². The van der Waals surface area contributed by atoms with Crippen LogP contribution in [0.2, 0.25) is 0 Å². The molecular formula is C19H20. The van der Waals surface area contributed by atoms with Gasteiger partial charge in [-0.05, 0) is 41.5 Å². The first-order valence-corrected chi connectivity index (χ1v) is 6.76. The predicted octanol–water partition coefficient (Wildman–Crippen LogP) is 5.26.